The number of nitrogens with zero attached hydrogens (tertiary/aromatic N) is 2. The first-order valence-electron chi connectivity index (χ1n) is 11.6. The lowest BCUT2D eigenvalue weighted by Gasteiger charge is -2.47. The van der Waals surface area contributed by atoms with Crippen LogP contribution in [-0.2, 0) is 22.6 Å². The van der Waals surface area contributed by atoms with E-state index in [-0.39, 0.29) is 24.4 Å². The normalized spacial score (nSPS) is 19.6. The van der Waals surface area contributed by atoms with E-state index >= 15 is 0 Å². The van der Waals surface area contributed by atoms with Crippen LogP contribution in [0, 0.1) is 0 Å². The predicted molar refractivity (Wildman–Crippen MR) is 134 cm³/mol. The van der Waals surface area contributed by atoms with Crippen LogP contribution in [-0.4, -0.2) is 46.3 Å². The summed E-state index contributed by atoms with van der Waals surface area (Å²) >= 11 is 6.16. The molecule has 2 aliphatic rings. The molecule has 4 aromatic rings. The average molecular weight is 486 g/mol. The summed E-state index contributed by atoms with van der Waals surface area (Å²) in [6, 6.07) is 22.3. The second kappa shape index (κ2) is 8.47. The molecule has 2 aliphatic heterocycles. The molecule has 6 rings (SSSR count). The van der Waals surface area contributed by atoms with Crippen LogP contribution in [0.25, 0.3) is 10.9 Å². The fourth-order valence-corrected chi connectivity index (χ4v) is 5.53. The molecule has 1 fully saturated rings. The van der Waals surface area contributed by atoms with Crippen molar-refractivity contribution in [3.63, 3.8) is 0 Å². The lowest BCUT2D eigenvalue weighted by atomic mass is 9.86. The SMILES string of the molecule is COc1ccc(CN2CC(=O)N3[C@H](c4ccc(Cl)cc4)c4[nH]c5ccccc5c4C[C@H]3C2=O)cc1. The third-order valence-electron chi connectivity index (χ3n) is 7.06. The molecule has 35 heavy (non-hydrogen) atoms. The summed E-state index contributed by atoms with van der Waals surface area (Å²) in [4.78, 5) is 34.4. The first-order valence-corrected chi connectivity index (χ1v) is 12.0. The number of hydrogen-bond donors (Lipinski definition) is 1. The summed E-state index contributed by atoms with van der Waals surface area (Å²) in [7, 11) is 1.62. The third kappa shape index (κ3) is 3.65. The number of fused-ring (bicyclic) bond motifs is 4. The van der Waals surface area contributed by atoms with Gasteiger partial charge >= 0.3 is 0 Å². The number of ether oxygens (including phenoxy) is 1. The van der Waals surface area contributed by atoms with Crippen LogP contribution in [0.5, 0.6) is 5.75 Å². The summed E-state index contributed by atoms with van der Waals surface area (Å²) in [6.07, 6.45) is 0.479. The van der Waals surface area contributed by atoms with Crippen LogP contribution in [0.3, 0.4) is 0 Å². The Morgan fingerprint density at radius 3 is 2.49 bits per heavy atom. The van der Waals surface area contributed by atoms with E-state index in [9.17, 15) is 9.59 Å². The number of carbonyl (C=O) groups excluding carboxylic acids is 2. The van der Waals surface area contributed by atoms with Crippen LogP contribution >= 0.6 is 11.6 Å². The summed E-state index contributed by atoms with van der Waals surface area (Å²) in [5, 5.41) is 1.72. The van der Waals surface area contributed by atoms with Gasteiger partial charge in [-0.3, -0.25) is 9.59 Å². The molecule has 7 heteroatoms. The Kier molecular flexibility index (Phi) is 5.26. The number of aromatic amines is 1. The number of amides is 2. The van der Waals surface area contributed by atoms with E-state index in [0.717, 1.165) is 39.0 Å². The lowest BCUT2D eigenvalue weighted by molar-refractivity contribution is -0.159. The molecular weight excluding hydrogens is 462 g/mol. The standard InChI is InChI=1S/C28H24ClN3O3/c1-35-20-12-6-17(7-13-20)15-31-16-25(33)32-24(28(31)34)14-22-21-4-2-3-5-23(21)30-26(22)27(32)18-8-10-19(29)11-9-18/h2-13,24,27,30H,14-16H2,1H3/t24-,27+/m0/s1. The minimum Gasteiger partial charge on any atom is -0.497 e. The number of piperazine rings is 1. The predicted octanol–water partition coefficient (Wildman–Crippen LogP) is 4.72. The average Bonchev–Trinajstić information content (AvgIpc) is 3.25. The largest absolute Gasteiger partial charge is 0.497 e. The van der Waals surface area contributed by atoms with Gasteiger partial charge in [-0.1, -0.05) is 54.1 Å². The highest BCUT2D eigenvalue weighted by atomic mass is 35.5. The number of rotatable bonds is 4. The van der Waals surface area contributed by atoms with Crippen LogP contribution in [0.15, 0.2) is 72.8 Å². The van der Waals surface area contributed by atoms with Gasteiger partial charge in [-0.15, -0.1) is 0 Å². The Morgan fingerprint density at radius 2 is 1.74 bits per heavy atom. The van der Waals surface area contributed by atoms with Gasteiger partial charge in [-0.25, -0.2) is 0 Å². The molecular formula is C28H24ClN3O3. The third-order valence-corrected chi connectivity index (χ3v) is 7.31. The highest BCUT2D eigenvalue weighted by Gasteiger charge is 2.48. The van der Waals surface area contributed by atoms with E-state index < -0.39 is 6.04 Å². The highest BCUT2D eigenvalue weighted by Crippen LogP contribution is 2.42. The lowest BCUT2D eigenvalue weighted by Crippen LogP contribution is -2.62. The van der Waals surface area contributed by atoms with Gasteiger partial charge in [0.25, 0.3) is 0 Å². The maximum atomic E-state index is 13.8. The number of hydrogen-bond acceptors (Lipinski definition) is 3. The number of para-hydroxylation sites is 1. The topological polar surface area (TPSA) is 65.6 Å². The van der Waals surface area contributed by atoms with E-state index in [4.69, 9.17) is 16.3 Å². The molecule has 3 aromatic carbocycles. The van der Waals surface area contributed by atoms with Gasteiger partial charge in [-0.2, -0.15) is 0 Å². The number of carbonyl (C=O) groups is 2. The quantitative estimate of drug-likeness (QED) is 0.455. The van der Waals surface area contributed by atoms with E-state index in [0.29, 0.717) is 18.0 Å². The molecule has 0 saturated carbocycles. The number of aromatic nitrogens is 1. The van der Waals surface area contributed by atoms with E-state index in [2.05, 4.69) is 11.1 Å². The van der Waals surface area contributed by atoms with Gasteiger partial charge in [0.05, 0.1) is 13.2 Å². The number of halogens is 1. The van der Waals surface area contributed by atoms with Gasteiger partial charge in [-0.05, 0) is 47.0 Å². The van der Waals surface area contributed by atoms with Crippen molar-refractivity contribution in [2.24, 2.45) is 0 Å². The van der Waals surface area contributed by atoms with Gasteiger partial charge in [0.15, 0.2) is 0 Å². The molecule has 2 atom stereocenters. The molecule has 0 aliphatic carbocycles. The molecule has 2 amide bonds. The molecule has 0 radical (unpaired) electrons. The summed E-state index contributed by atoms with van der Waals surface area (Å²) in [5.74, 6) is 0.661. The second-order valence-corrected chi connectivity index (χ2v) is 9.52. The molecule has 0 bridgehead atoms. The fourth-order valence-electron chi connectivity index (χ4n) is 5.40. The van der Waals surface area contributed by atoms with Crippen molar-refractivity contribution in [3.05, 3.63) is 100 Å². The smallest absolute Gasteiger partial charge is 0.246 e. The van der Waals surface area contributed by atoms with E-state index in [1.165, 1.54) is 0 Å². The van der Waals surface area contributed by atoms with Gasteiger partial charge in [0, 0.05) is 34.6 Å². The Hall–Kier alpha value is -3.77. The number of nitrogens with one attached hydrogen (secondary N) is 1. The first kappa shape index (κ1) is 21.7. The number of H-pyrrole nitrogens is 1. The molecule has 0 spiro atoms. The zero-order valence-corrected chi connectivity index (χ0v) is 20.0. The van der Waals surface area contributed by atoms with Crippen LogP contribution in [0.2, 0.25) is 5.02 Å². The number of methoxy groups -OCH3 is 1. The van der Waals surface area contributed by atoms with E-state index in [1.807, 2.05) is 66.7 Å². The Bertz CT molecular complexity index is 1430. The monoisotopic (exact) mass is 485 g/mol. The van der Waals surface area contributed by atoms with Crippen molar-refractivity contribution in [1.29, 1.82) is 0 Å². The van der Waals surface area contributed by atoms with Gasteiger partial charge < -0.3 is 19.5 Å². The van der Waals surface area contributed by atoms with Gasteiger partial charge in [0.2, 0.25) is 11.8 Å². The maximum Gasteiger partial charge on any atom is 0.246 e. The van der Waals surface area contributed by atoms with Crippen molar-refractivity contribution < 1.29 is 14.3 Å². The summed E-state index contributed by atoms with van der Waals surface area (Å²) in [6.45, 7) is 0.423. The highest BCUT2D eigenvalue weighted by molar-refractivity contribution is 6.30. The van der Waals surface area contributed by atoms with Crippen LogP contribution in [0.4, 0.5) is 0 Å². The zero-order chi connectivity index (χ0) is 24.1. The maximum absolute atomic E-state index is 13.8. The molecule has 1 saturated heterocycles. The van der Waals surface area contributed by atoms with Crippen molar-refractivity contribution >= 4 is 34.3 Å². The summed E-state index contributed by atoms with van der Waals surface area (Å²) in [5.41, 5.74) is 4.95. The molecule has 176 valence electrons. The molecule has 3 heterocycles. The van der Waals surface area contributed by atoms with E-state index in [1.54, 1.807) is 16.9 Å². The minimum absolute atomic E-state index is 0.0321. The fraction of sp³-hybridized carbons (Fsp3) is 0.214. The Labute approximate surface area is 208 Å². The molecule has 0 unspecified atom stereocenters. The van der Waals surface area contributed by atoms with Crippen LogP contribution in [0.1, 0.15) is 28.4 Å². The summed E-state index contributed by atoms with van der Waals surface area (Å²) < 4.78 is 5.24. The molecule has 1 aromatic heterocycles. The van der Waals surface area contributed by atoms with Crippen molar-refractivity contribution in [2.45, 2.75) is 25.0 Å². The first-order chi connectivity index (χ1) is 17.0. The molecule has 6 nitrogen and oxygen atoms in total. The molecule has 1 N–H and O–H groups in total. The van der Waals surface area contributed by atoms with Gasteiger partial charge in [0.1, 0.15) is 18.3 Å². The Balaban J connectivity index is 1.41. The minimum atomic E-state index is -0.568. The van der Waals surface area contributed by atoms with Crippen LogP contribution < -0.4 is 4.74 Å². The second-order valence-electron chi connectivity index (χ2n) is 9.08. The van der Waals surface area contributed by atoms with Crippen molar-refractivity contribution in [3.8, 4) is 5.75 Å². The zero-order valence-electron chi connectivity index (χ0n) is 19.2. The van der Waals surface area contributed by atoms with Crippen molar-refractivity contribution in [1.82, 2.24) is 14.8 Å². The van der Waals surface area contributed by atoms with Crippen molar-refractivity contribution in [2.75, 3.05) is 13.7 Å². The number of benzene rings is 3. The Morgan fingerprint density at radius 1 is 1.00 bits per heavy atom.